The summed E-state index contributed by atoms with van der Waals surface area (Å²) in [6.07, 6.45) is 0.485. The highest BCUT2D eigenvalue weighted by Gasteiger charge is 2.29. The summed E-state index contributed by atoms with van der Waals surface area (Å²) < 4.78 is 6.59. The van der Waals surface area contributed by atoms with E-state index in [2.05, 4.69) is 21.2 Å². The van der Waals surface area contributed by atoms with E-state index in [1.54, 1.807) is 23.1 Å². The number of hydrogen-bond acceptors (Lipinski definition) is 3. The van der Waals surface area contributed by atoms with E-state index in [1.165, 1.54) is 0 Å². The van der Waals surface area contributed by atoms with Gasteiger partial charge >= 0.3 is 0 Å². The summed E-state index contributed by atoms with van der Waals surface area (Å²) in [7, 11) is 0. The zero-order valence-electron chi connectivity index (χ0n) is 17.5. The molecule has 2 amide bonds. The fraction of sp³-hybridized carbons (Fsp3) is 0.391. The normalized spacial score (nSPS) is 11.8. The number of benzene rings is 2. The number of nitrogens with zero attached hydrogens (tertiary/aromatic N) is 1. The molecular weight excluding hydrogens is 468 g/mol. The van der Waals surface area contributed by atoms with Crippen LogP contribution in [0.1, 0.15) is 32.8 Å². The number of nitrogens with one attached hydrogen (secondary N) is 1. The van der Waals surface area contributed by atoms with Crippen LogP contribution in [0.5, 0.6) is 5.75 Å². The Labute approximate surface area is 191 Å². The van der Waals surface area contributed by atoms with Crippen molar-refractivity contribution in [1.82, 2.24) is 10.2 Å². The van der Waals surface area contributed by atoms with Gasteiger partial charge < -0.3 is 15.0 Å². The summed E-state index contributed by atoms with van der Waals surface area (Å²) in [5.74, 6) is 0.459. The first-order valence-electron chi connectivity index (χ1n) is 10.0. The summed E-state index contributed by atoms with van der Waals surface area (Å²) in [5.41, 5.74) is 0.784. The van der Waals surface area contributed by atoms with Crippen molar-refractivity contribution in [3.05, 3.63) is 63.6 Å². The van der Waals surface area contributed by atoms with E-state index < -0.39 is 6.04 Å². The van der Waals surface area contributed by atoms with Crippen molar-refractivity contribution in [3.8, 4) is 5.75 Å². The Kier molecular flexibility index (Phi) is 9.66. The van der Waals surface area contributed by atoms with E-state index in [1.807, 2.05) is 51.1 Å². The number of ether oxygens (including phenoxy) is 1. The van der Waals surface area contributed by atoms with Crippen molar-refractivity contribution < 1.29 is 14.3 Å². The zero-order chi connectivity index (χ0) is 22.1. The van der Waals surface area contributed by atoms with Gasteiger partial charge in [-0.1, -0.05) is 66.5 Å². The average molecular weight is 496 g/mol. The Morgan fingerprint density at radius 1 is 1.13 bits per heavy atom. The van der Waals surface area contributed by atoms with E-state index in [-0.39, 0.29) is 25.0 Å². The minimum absolute atomic E-state index is 0.167. The van der Waals surface area contributed by atoms with Crippen LogP contribution >= 0.6 is 27.5 Å². The molecule has 2 aromatic carbocycles. The largest absolute Gasteiger partial charge is 0.484 e. The van der Waals surface area contributed by atoms with Gasteiger partial charge in [0.1, 0.15) is 11.8 Å². The molecule has 0 heterocycles. The van der Waals surface area contributed by atoms with Crippen LogP contribution in [0.2, 0.25) is 5.02 Å². The fourth-order valence-electron chi connectivity index (χ4n) is 2.91. The van der Waals surface area contributed by atoms with Gasteiger partial charge in [0.25, 0.3) is 5.91 Å². The van der Waals surface area contributed by atoms with Gasteiger partial charge in [-0.05, 0) is 48.2 Å². The first kappa shape index (κ1) is 24.2. The number of amides is 2. The van der Waals surface area contributed by atoms with Crippen molar-refractivity contribution in [2.45, 2.75) is 39.8 Å². The second-order valence-corrected chi connectivity index (χ2v) is 8.74. The van der Waals surface area contributed by atoms with Crippen LogP contribution in [0.15, 0.2) is 53.0 Å². The zero-order valence-corrected chi connectivity index (χ0v) is 19.9. The highest BCUT2D eigenvalue weighted by Crippen LogP contribution is 2.21. The maximum absolute atomic E-state index is 13.1. The second kappa shape index (κ2) is 12.0. The smallest absolute Gasteiger partial charge is 0.261 e. The van der Waals surface area contributed by atoms with Crippen molar-refractivity contribution in [2.24, 2.45) is 5.92 Å². The maximum atomic E-state index is 13.1. The lowest BCUT2D eigenvalue weighted by molar-refractivity contribution is -0.143. The molecule has 0 fully saturated rings. The fourth-order valence-corrected chi connectivity index (χ4v) is 3.37. The summed E-state index contributed by atoms with van der Waals surface area (Å²) in [5, 5.41) is 3.49. The molecule has 30 heavy (non-hydrogen) atoms. The molecule has 0 unspecified atom stereocenters. The van der Waals surface area contributed by atoms with Gasteiger partial charge in [-0.3, -0.25) is 9.59 Å². The molecule has 0 radical (unpaired) electrons. The third-order valence-corrected chi connectivity index (χ3v) is 5.44. The molecule has 7 heteroatoms. The molecule has 0 aliphatic rings. The molecule has 0 bridgehead atoms. The van der Waals surface area contributed by atoms with Crippen LogP contribution < -0.4 is 10.1 Å². The Balaban J connectivity index is 2.19. The van der Waals surface area contributed by atoms with Crippen LogP contribution in [-0.2, 0) is 16.1 Å². The van der Waals surface area contributed by atoms with E-state index >= 15 is 0 Å². The maximum Gasteiger partial charge on any atom is 0.261 e. The lowest BCUT2D eigenvalue weighted by Gasteiger charge is -2.31. The minimum atomic E-state index is -0.610. The lowest BCUT2D eigenvalue weighted by Crippen LogP contribution is -2.50. The van der Waals surface area contributed by atoms with Crippen LogP contribution in [-0.4, -0.2) is 35.9 Å². The Morgan fingerprint density at radius 3 is 2.40 bits per heavy atom. The van der Waals surface area contributed by atoms with E-state index in [0.717, 1.165) is 10.0 Å². The van der Waals surface area contributed by atoms with Gasteiger partial charge in [0.05, 0.1) is 0 Å². The molecule has 2 rings (SSSR count). The number of carbonyl (C=O) groups excluding carboxylic acids is 2. The van der Waals surface area contributed by atoms with Crippen molar-refractivity contribution in [1.29, 1.82) is 0 Å². The van der Waals surface area contributed by atoms with Gasteiger partial charge in [0.2, 0.25) is 5.91 Å². The molecule has 0 spiro atoms. The summed E-state index contributed by atoms with van der Waals surface area (Å²) in [4.78, 5) is 27.5. The first-order valence-corrected chi connectivity index (χ1v) is 11.2. The Hall–Kier alpha value is -2.05. The molecular formula is C23H28BrClN2O3. The molecule has 0 aliphatic heterocycles. The minimum Gasteiger partial charge on any atom is -0.484 e. The molecule has 0 saturated heterocycles. The van der Waals surface area contributed by atoms with E-state index in [4.69, 9.17) is 16.3 Å². The van der Waals surface area contributed by atoms with Crippen LogP contribution in [0.25, 0.3) is 0 Å². The van der Waals surface area contributed by atoms with Gasteiger partial charge in [-0.25, -0.2) is 0 Å². The third-order valence-electron chi connectivity index (χ3n) is 4.54. The van der Waals surface area contributed by atoms with Crippen LogP contribution in [0.4, 0.5) is 0 Å². The van der Waals surface area contributed by atoms with Gasteiger partial charge in [-0.15, -0.1) is 0 Å². The van der Waals surface area contributed by atoms with Crippen molar-refractivity contribution >= 4 is 39.3 Å². The van der Waals surface area contributed by atoms with Gasteiger partial charge in [0.15, 0.2) is 6.61 Å². The SMILES string of the molecule is CC[C@@H](C(=O)NCC(C)C)N(Cc1ccccc1Cl)C(=O)COc1ccc(Br)cc1. The topological polar surface area (TPSA) is 58.6 Å². The number of carbonyl (C=O) groups is 2. The summed E-state index contributed by atoms with van der Waals surface area (Å²) >= 11 is 9.69. The lowest BCUT2D eigenvalue weighted by atomic mass is 10.1. The highest BCUT2D eigenvalue weighted by molar-refractivity contribution is 9.10. The van der Waals surface area contributed by atoms with Gasteiger partial charge in [0, 0.05) is 22.6 Å². The highest BCUT2D eigenvalue weighted by atomic mass is 79.9. The molecule has 1 N–H and O–H groups in total. The molecule has 0 aromatic heterocycles. The summed E-state index contributed by atoms with van der Waals surface area (Å²) in [6, 6.07) is 14.0. The van der Waals surface area contributed by atoms with Crippen LogP contribution in [0.3, 0.4) is 0 Å². The van der Waals surface area contributed by atoms with Crippen LogP contribution in [0, 0.1) is 5.92 Å². The van der Waals surface area contributed by atoms with Crippen molar-refractivity contribution in [3.63, 3.8) is 0 Å². The van der Waals surface area contributed by atoms with Gasteiger partial charge in [-0.2, -0.15) is 0 Å². The van der Waals surface area contributed by atoms with E-state index in [9.17, 15) is 9.59 Å². The number of hydrogen-bond donors (Lipinski definition) is 1. The number of halogens is 2. The second-order valence-electron chi connectivity index (χ2n) is 7.42. The average Bonchev–Trinajstić information content (AvgIpc) is 2.72. The number of rotatable bonds is 10. The first-order chi connectivity index (χ1) is 14.3. The molecule has 0 aliphatic carbocycles. The quantitative estimate of drug-likeness (QED) is 0.501. The molecule has 5 nitrogen and oxygen atoms in total. The van der Waals surface area contributed by atoms with E-state index in [0.29, 0.717) is 29.7 Å². The Morgan fingerprint density at radius 2 is 1.80 bits per heavy atom. The molecule has 1 atom stereocenters. The molecule has 2 aromatic rings. The predicted octanol–water partition coefficient (Wildman–Crippen LogP) is 5.06. The molecule has 162 valence electrons. The predicted molar refractivity (Wildman–Crippen MR) is 124 cm³/mol. The van der Waals surface area contributed by atoms with Crippen molar-refractivity contribution in [2.75, 3.05) is 13.2 Å². The Bertz CT molecular complexity index is 843. The monoisotopic (exact) mass is 494 g/mol. The summed E-state index contributed by atoms with van der Waals surface area (Å²) in [6.45, 7) is 6.57. The standard InChI is InChI=1S/C23H28BrClN2O3/c1-4-21(23(29)26-13-16(2)3)27(14-17-7-5-6-8-20(17)25)22(28)15-30-19-11-9-18(24)10-12-19/h5-12,16,21H,4,13-15H2,1-3H3,(H,26,29)/t21-/m0/s1. The third kappa shape index (κ3) is 7.33. The molecule has 0 saturated carbocycles.